The van der Waals surface area contributed by atoms with Gasteiger partial charge in [0.05, 0.1) is 24.9 Å². The summed E-state index contributed by atoms with van der Waals surface area (Å²) in [6, 6.07) is 2.99. The molecule has 0 atom stereocenters. The van der Waals surface area contributed by atoms with Crippen LogP contribution in [0, 0.1) is 5.82 Å². The van der Waals surface area contributed by atoms with E-state index in [1.807, 2.05) is 0 Å². The van der Waals surface area contributed by atoms with Gasteiger partial charge in [0.2, 0.25) is 0 Å². The summed E-state index contributed by atoms with van der Waals surface area (Å²) in [5.74, 6) is -1.66. The fourth-order valence-corrected chi connectivity index (χ4v) is 2.78. The summed E-state index contributed by atoms with van der Waals surface area (Å²) in [5.41, 5.74) is 5.57. The molecule has 0 aromatic heterocycles. The summed E-state index contributed by atoms with van der Waals surface area (Å²) in [6.45, 7) is 3.70. The van der Waals surface area contributed by atoms with Gasteiger partial charge in [-0.3, -0.25) is 0 Å². The number of rotatable bonds is 7. The van der Waals surface area contributed by atoms with E-state index in [1.54, 1.807) is 0 Å². The van der Waals surface area contributed by atoms with Crippen molar-refractivity contribution in [3.8, 4) is 5.75 Å². The van der Waals surface area contributed by atoms with Gasteiger partial charge in [0.1, 0.15) is 10.9 Å². The number of nitrogens with zero attached hydrogens (tertiary/aromatic N) is 1. The molecule has 0 saturated heterocycles. The van der Waals surface area contributed by atoms with E-state index < -0.39 is 11.8 Å². The lowest BCUT2D eigenvalue weighted by atomic mass is 9.93. The average Bonchev–Trinajstić information content (AvgIpc) is 2.61. The number of aliphatic imine (C=N–C) groups is 1. The van der Waals surface area contributed by atoms with E-state index in [9.17, 15) is 9.18 Å². The lowest BCUT2D eigenvalue weighted by Gasteiger charge is -2.27. The molecule has 3 N–H and O–H groups in total. The first-order valence-corrected chi connectivity index (χ1v) is 8.86. The summed E-state index contributed by atoms with van der Waals surface area (Å²) >= 11 is 12.1. The average molecular weight is 416 g/mol. The highest BCUT2D eigenvalue weighted by molar-refractivity contribution is 6.58. The molecule has 146 valence electrons. The number of esters is 1. The molecule has 1 aliphatic carbocycles. The molecule has 0 heterocycles. The Labute approximate surface area is 166 Å². The zero-order valence-electron chi connectivity index (χ0n) is 14.9. The minimum atomic E-state index is -0.833. The van der Waals surface area contributed by atoms with Crippen molar-refractivity contribution in [1.82, 2.24) is 5.32 Å². The topological polar surface area (TPSA) is 85.9 Å². The predicted octanol–water partition coefficient (Wildman–Crippen LogP) is 3.58. The van der Waals surface area contributed by atoms with Crippen molar-refractivity contribution in [2.24, 2.45) is 10.7 Å². The van der Waals surface area contributed by atoms with Gasteiger partial charge < -0.3 is 20.5 Å². The second kappa shape index (κ2) is 9.10. The standard InChI is InChI=1S/C18H20Cl2FN3O3/c1-9(11-7-8-12(19)16(26-2)14(11)21)23-15(18(25)27-3)13(20)17(22)24-10-5-4-6-10/h7-8,10,24H,1,4-6,22H2,2-3H3/b17-13-,23-15+. The predicted molar refractivity (Wildman–Crippen MR) is 104 cm³/mol. The monoisotopic (exact) mass is 415 g/mol. The first kappa shape index (κ1) is 21.1. The van der Waals surface area contributed by atoms with Crippen LogP contribution in [-0.4, -0.2) is 31.9 Å². The largest absolute Gasteiger partial charge is 0.492 e. The molecule has 1 aromatic rings. The zero-order valence-corrected chi connectivity index (χ0v) is 16.5. The van der Waals surface area contributed by atoms with Crippen LogP contribution in [0.15, 0.2) is 34.6 Å². The van der Waals surface area contributed by atoms with Gasteiger partial charge in [-0.05, 0) is 31.4 Å². The molecule has 0 amide bonds. The highest BCUT2D eigenvalue weighted by Gasteiger charge is 2.24. The Balaban J connectivity index is 2.41. The van der Waals surface area contributed by atoms with Gasteiger partial charge in [-0.2, -0.15) is 0 Å². The first-order chi connectivity index (χ1) is 12.8. The Morgan fingerprint density at radius 3 is 2.59 bits per heavy atom. The molecular weight excluding hydrogens is 396 g/mol. The molecule has 1 saturated carbocycles. The number of hydrogen-bond donors (Lipinski definition) is 2. The van der Waals surface area contributed by atoms with E-state index in [0.717, 1.165) is 19.3 Å². The highest BCUT2D eigenvalue weighted by atomic mass is 35.5. The number of nitrogens with two attached hydrogens (primary N) is 1. The number of ether oxygens (including phenoxy) is 2. The summed E-state index contributed by atoms with van der Waals surface area (Å²) in [7, 11) is 2.46. The van der Waals surface area contributed by atoms with Crippen LogP contribution in [0.5, 0.6) is 5.75 Å². The highest BCUT2D eigenvalue weighted by Crippen LogP contribution is 2.33. The molecule has 0 radical (unpaired) electrons. The summed E-state index contributed by atoms with van der Waals surface area (Å²) in [5, 5.41) is 2.99. The van der Waals surface area contributed by atoms with Gasteiger partial charge in [0, 0.05) is 11.6 Å². The molecule has 27 heavy (non-hydrogen) atoms. The van der Waals surface area contributed by atoms with Crippen molar-refractivity contribution in [2.45, 2.75) is 25.3 Å². The quantitative estimate of drug-likeness (QED) is 0.524. The van der Waals surface area contributed by atoms with E-state index in [0.29, 0.717) is 0 Å². The van der Waals surface area contributed by atoms with Crippen molar-refractivity contribution in [1.29, 1.82) is 0 Å². The Bertz CT molecular complexity index is 820. The van der Waals surface area contributed by atoms with Crippen LogP contribution in [0.4, 0.5) is 4.39 Å². The van der Waals surface area contributed by atoms with E-state index in [4.69, 9.17) is 38.4 Å². The third kappa shape index (κ3) is 4.73. The second-order valence-corrected chi connectivity index (χ2v) is 6.63. The molecule has 2 rings (SSSR count). The molecule has 1 aromatic carbocycles. The van der Waals surface area contributed by atoms with Crippen LogP contribution < -0.4 is 15.8 Å². The fraction of sp³-hybridized carbons (Fsp3) is 0.333. The van der Waals surface area contributed by atoms with Gasteiger partial charge >= 0.3 is 5.97 Å². The van der Waals surface area contributed by atoms with Crippen molar-refractivity contribution in [3.05, 3.63) is 46.0 Å². The van der Waals surface area contributed by atoms with Crippen LogP contribution in [0.25, 0.3) is 5.70 Å². The molecular formula is C18H20Cl2FN3O3. The van der Waals surface area contributed by atoms with Crippen LogP contribution in [-0.2, 0) is 9.53 Å². The second-order valence-electron chi connectivity index (χ2n) is 5.84. The molecule has 1 aliphatic rings. The maximum absolute atomic E-state index is 14.6. The van der Waals surface area contributed by atoms with Gasteiger partial charge in [-0.25, -0.2) is 14.2 Å². The lowest BCUT2D eigenvalue weighted by molar-refractivity contribution is -0.132. The van der Waals surface area contributed by atoms with Crippen molar-refractivity contribution < 1.29 is 18.7 Å². The molecule has 0 aliphatic heterocycles. The number of carbonyl (C=O) groups is 1. The van der Waals surface area contributed by atoms with Crippen molar-refractivity contribution in [3.63, 3.8) is 0 Å². The van der Waals surface area contributed by atoms with Gasteiger partial charge in [0.15, 0.2) is 17.3 Å². The Hall–Kier alpha value is -2.25. The van der Waals surface area contributed by atoms with Gasteiger partial charge in [-0.15, -0.1) is 0 Å². The summed E-state index contributed by atoms with van der Waals surface area (Å²) < 4.78 is 24.2. The van der Waals surface area contributed by atoms with Crippen molar-refractivity contribution in [2.75, 3.05) is 14.2 Å². The lowest BCUT2D eigenvalue weighted by Crippen LogP contribution is -2.38. The van der Waals surface area contributed by atoms with E-state index in [1.165, 1.54) is 26.4 Å². The van der Waals surface area contributed by atoms with Crippen molar-refractivity contribution >= 4 is 40.6 Å². The van der Waals surface area contributed by atoms with E-state index >= 15 is 0 Å². The molecule has 1 fully saturated rings. The first-order valence-electron chi connectivity index (χ1n) is 8.10. The molecule has 0 spiro atoms. The molecule has 0 unspecified atom stereocenters. The van der Waals surface area contributed by atoms with Gasteiger partial charge in [-0.1, -0.05) is 29.8 Å². The third-order valence-corrected chi connectivity index (χ3v) is 4.78. The Morgan fingerprint density at radius 1 is 1.41 bits per heavy atom. The number of methoxy groups -OCH3 is 2. The number of halogens is 3. The molecule has 9 heteroatoms. The molecule has 0 bridgehead atoms. The summed E-state index contributed by atoms with van der Waals surface area (Å²) in [6.07, 6.45) is 3.01. The van der Waals surface area contributed by atoms with E-state index in [2.05, 4.69) is 16.9 Å². The number of hydrogen-bond acceptors (Lipinski definition) is 6. The summed E-state index contributed by atoms with van der Waals surface area (Å²) in [4.78, 5) is 16.2. The Morgan fingerprint density at radius 2 is 2.07 bits per heavy atom. The van der Waals surface area contributed by atoms with Gasteiger partial charge in [0.25, 0.3) is 0 Å². The van der Waals surface area contributed by atoms with E-state index in [-0.39, 0.29) is 44.6 Å². The number of benzene rings is 1. The normalized spacial score (nSPS) is 15.5. The number of carbonyl (C=O) groups excluding carboxylic acids is 1. The fourth-order valence-electron chi connectivity index (χ4n) is 2.38. The van der Waals surface area contributed by atoms with Crippen LogP contribution in [0.3, 0.4) is 0 Å². The minimum Gasteiger partial charge on any atom is -0.492 e. The Kier molecular flexibility index (Phi) is 7.10. The number of nitrogens with one attached hydrogen (secondary N) is 1. The minimum absolute atomic E-state index is 0.00681. The van der Waals surface area contributed by atoms with Crippen LogP contribution in [0.2, 0.25) is 5.02 Å². The van der Waals surface area contributed by atoms with Crippen LogP contribution >= 0.6 is 23.2 Å². The zero-order chi connectivity index (χ0) is 20.1. The van der Waals surface area contributed by atoms with Crippen LogP contribution in [0.1, 0.15) is 24.8 Å². The maximum atomic E-state index is 14.6. The SMILES string of the molecule is C=C(/N=C(C(=O)OC)\C(Cl)=C(/N)NC1CCC1)c1ccc(Cl)c(OC)c1F. The molecule has 6 nitrogen and oxygen atoms in total. The maximum Gasteiger partial charge on any atom is 0.358 e. The third-order valence-electron chi connectivity index (χ3n) is 4.10. The smallest absolute Gasteiger partial charge is 0.358 e.